The number of carbonyl (C=O) groups excluding carboxylic acids is 1. The van der Waals surface area contributed by atoms with Gasteiger partial charge in [-0.15, -0.1) is 0 Å². The molecule has 1 amide bonds. The molecule has 9 heteroatoms. The highest BCUT2D eigenvalue weighted by molar-refractivity contribution is 5.78. The zero-order chi connectivity index (χ0) is 24.9. The summed E-state index contributed by atoms with van der Waals surface area (Å²) in [7, 11) is 1.61. The second kappa shape index (κ2) is 10.5. The maximum Gasteiger partial charge on any atom is 0.260 e. The van der Waals surface area contributed by atoms with E-state index < -0.39 is 0 Å². The molecule has 0 spiro atoms. The standard InChI is InChI=1S/C27H25FN4O4/c1-34-23-11-5-19(6-12-23)26-29-27(36-30-26)20-3-2-4-24(17-20)35-18-25(33)32-15-13-31(14-16-32)22-9-7-21(28)8-10-22/h2-12,17H,13-16,18H2,1H3. The average molecular weight is 489 g/mol. The quantitative estimate of drug-likeness (QED) is 0.384. The normalized spacial score (nSPS) is 13.5. The van der Waals surface area contributed by atoms with E-state index in [9.17, 15) is 9.18 Å². The lowest BCUT2D eigenvalue weighted by Gasteiger charge is -2.36. The molecular formula is C27H25FN4O4. The molecule has 8 nitrogen and oxygen atoms in total. The summed E-state index contributed by atoms with van der Waals surface area (Å²) >= 11 is 0. The summed E-state index contributed by atoms with van der Waals surface area (Å²) < 4.78 is 29.6. The summed E-state index contributed by atoms with van der Waals surface area (Å²) in [5.41, 5.74) is 2.45. The fraction of sp³-hybridized carbons (Fsp3) is 0.222. The van der Waals surface area contributed by atoms with Gasteiger partial charge in [-0.1, -0.05) is 11.2 Å². The first-order valence-electron chi connectivity index (χ1n) is 11.6. The lowest BCUT2D eigenvalue weighted by molar-refractivity contribution is -0.133. The molecule has 0 aliphatic carbocycles. The SMILES string of the molecule is COc1ccc(-c2noc(-c3cccc(OCC(=O)N4CCN(c5ccc(F)cc5)CC4)c3)n2)cc1. The van der Waals surface area contributed by atoms with Crippen LogP contribution < -0.4 is 14.4 Å². The Hall–Kier alpha value is -4.40. The van der Waals surface area contributed by atoms with Crippen molar-refractivity contribution in [3.05, 3.63) is 78.6 Å². The van der Waals surface area contributed by atoms with E-state index in [4.69, 9.17) is 14.0 Å². The number of rotatable bonds is 7. The Morgan fingerprint density at radius 1 is 0.944 bits per heavy atom. The second-order valence-electron chi connectivity index (χ2n) is 8.31. The van der Waals surface area contributed by atoms with Crippen LogP contribution in [-0.2, 0) is 4.79 Å². The molecule has 184 valence electrons. The first-order chi connectivity index (χ1) is 17.6. The van der Waals surface area contributed by atoms with Crippen LogP contribution in [0.5, 0.6) is 11.5 Å². The predicted octanol–water partition coefficient (Wildman–Crippen LogP) is 4.28. The third-order valence-electron chi connectivity index (χ3n) is 6.04. The van der Waals surface area contributed by atoms with Gasteiger partial charge in [0.25, 0.3) is 11.8 Å². The average Bonchev–Trinajstić information content (AvgIpc) is 3.43. The molecule has 0 saturated carbocycles. The molecule has 3 aromatic carbocycles. The predicted molar refractivity (Wildman–Crippen MR) is 132 cm³/mol. The number of piperazine rings is 1. The molecule has 0 bridgehead atoms. The first kappa shape index (κ1) is 23.3. The number of carbonyl (C=O) groups is 1. The Labute approximate surface area is 207 Å². The van der Waals surface area contributed by atoms with E-state index in [0.29, 0.717) is 49.2 Å². The zero-order valence-electron chi connectivity index (χ0n) is 19.8. The number of methoxy groups -OCH3 is 1. The highest BCUT2D eigenvalue weighted by Gasteiger charge is 2.22. The van der Waals surface area contributed by atoms with Crippen LogP contribution in [0.4, 0.5) is 10.1 Å². The Balaban J connectivity index is 1.16. The van der Waals surface area contributed by atoms with E-state index in [1.54, 1.807) is 36.3 Å². The van der Waals surface area contributed by atoms with Gasteiger partial charge in [-0.25, -0.2) is 4.39 Å². The van der Waals surface area contributed by atoms with Gasteiger partial charge in [0.2, 0.25) is 5.82 Å². The summed E-state index contributed by atoms with van der Waals surface area (Å²) in [4.78, 5) is 21.1. The van der Waals surface area contributed by atoms with Gasteiger partial charge in [0, 0.05) is 43.0 Å². The molecule has 2 heterocycles. The third-order valence-corrected chi connectivity index (χ3v) is 6.04. The number of ether oxygens (including phenoxy) is 2. The van der Waals surface area contributed by atoms with Gasteiger partial charge >= 0.3 is 0 Å². The number of amides is 1. The molecule has 0 N–H and O–H groups in total. The summed E-state index contributed by atoms with van der Waals surface area (Å²) in [6, 6.07) is 21.0. The first-order valence-corrected chi connectivity index (χ1v) is 11.6. The molecule has 0 unspecified atom stereocenters. The summed E-state index contributed by atoms with van der Waals surface area (Å²) in [6.45, 7) is 2.45. The van der Waals surface area contributed by atoms with E-state index in [-0.39, 0.29) is 18.3 Å². The van der Waals surface area contributed by atoms with Crippen molar-refractivity contribution in [2.45, 2.75) is 0 Å². The van der Waals surface area contributed by atoms with Crippen LogP contribution in [0.2, 0.25) is 0 Å². The number of anilines is 1. The summed E-state index contributed by atoms with van der Waals surface area (Å²) in [5.74, 6) is 1.76. The number of aromatic nitrogens is 2. The van der Waals surface area contributed by atoms with Crippen LogP contribution in [0.25, 0.3) is 22.8 Å². The largest absolute Gasteiger partial charge is 0.497 e. The van der Waals surface area contributed by atoms with Crippen molar-refractivity contribution in [3.8, 4) is 34.3 Å². The van der Waals surface area contributed by atoms with Crippen molar-refractivity contribution in [1.82, 2.24) is 15.0 Å². The maximum absolute atomic E-state index is 13.2. The summed E-state index contributed by atoms with van der Waals surface area (Å²) in [5, 5.41) is 4.06. The Kier molecular flexibility index (Phi) is 6.79. The van der Waals surface area contributed by atoms with Crippen molar-refractivity contribution in [2.24, 2.45) is 0 Å². The lowest BCUT2D eigenvalue weighted by atomic mass is 10.2. The molecule has 4 aromatic rings. The van der Waals surface area contributed by atoms with Crippen molar-refractivity contribution < 1.29 is 23.2 Å². The van der Waals surface area contributed by atoms with Gasteiger partial charge < -0.3 is 23.8 Å². The van der Waals surface area contributed by atoms with Crippen LogP contribution in [-0.4, -0.2) is 60.8 Å². The molecule has 0 atom stereocenters. The highest BCUT2D eigenvalue weighted by Crippen LogP contribution is 2.26. The summed E-state index contributed by atoms with van der Waals surface area (Å²) in [6.07, 6.45) is 0. The minimum Gasteiger partial charge on any atom is -0.497 e. The number of benzene rings is 3. The fourth-order valence-electron chi connectivity index (χ4n) is 4.02. The van der Waals surface area contributed by atoms with Crippen molar-refractivity contribution in [2.75, 3.05) is 44.8 Å². The van der Waals surface area contributed by atoms with E-state index in [1.165, 1.54) is 12.1 Å². The number of hydrogen-bond acceptors (Lipinski definition) is 7. The van der Waals surface area contributed by atoms with E-state index in [0.717, 1.165) is 17.0 Å². The molecule has 1 aliphatic rings. The number of halogens is 1. The fourth-order valence-corrected chi connectivity index (χ4v) is 4.02. The smallest absolute Gasteiger partial charge is 0.260 e. The molecule has 36 heavy (non-hydrogen) atoms. The van der Waals surface area contributed by atoms with E-state index >= 15 is 0 Å². The molecule has 1 aliphatic heterocycles. The van der Waals surface area contributed by atoms with Crippen LogP contribution >= 0.6 is 0 Å². The van der Waals surface area contributed by atoms with Crippen molar-refractivity contribution >= 4 is 11.6 Å². The second-order valence-corrected chi connectivity index (χ2v) is 8.31. The molecule has 1 saturated heterocycles. The molecular weight excluding hydrogens is 463 g/mol. The lowest BCUT2D eigenvalue weighted by Crippen LogP contribution is -2.50. The number of hydrogen-bond donors (Lipinski definition) is 0. The van der Waals surface area contributed by atoms with Gasteiger partial charge in [-0.2, -0.15) is 4.98 Å². The zero-order valence-corrected chi connectivity index (χ0v) is 19.8. The van der Waals surface area contributed by atoms with Crippen LogP contribution in [0.1, 0.15) is 0 Å². The minimum absolute atomic E-state index is 0.0685. The van der Waals surface area contributed by atoms with E-state index in [2.05, 4.69) is 15.0 Å². The van der Waals surface area contributed by atoms with Crippen LogP contribution in [0.3, 0.4) is 0 Å². The molecule has 1 fully saturated rings. The van der Waals surface area contributed by atoms with Gasteiger partial charge in [-0.05, 0) is 66.7 Å². The van der Waals surface area contributed by atoms with Gasteiger partial charge in [0.1, 0.15) is 17.3 Å². The third kappa shape index (κ3) is 5.30. The van der Waals surface area contributed by atoms with E-state index in [1.807, 2.05) is 36.4 Å². The Morgan fingerprint density at radius 2 is 1.69 bits per heavy atom. The van der Waals surface area contributed by atoms with Gasteiger partial charge in [-0.3, -0.25) is 4.79 Å². The molecule has 0 radical (unpaired) electrons. The Morgan fingerprint density at radius 3 is 2.42 bits per heavy atom. The van der Waals surface area contributed by atoms with Crippen molar-refractivity contribution in [3.63, 3.8) is 0 Å². The van der Waals surface area contributed by atoms with Crippen LogP contribution in [0, 0.1) is 5.82 Å². The topological polar surface area (TPSA) is 80.9 Å². The number of nitrogens with zero attached hydrogens (tertiary/aromatic N) is 4. The molecule has 5 rings (SSSR count). The monoisotopic (exact) mass is 488 g/mol. The Bertz CT molecular complexity index is 1320. The van der Waals surface area contributed by atoms with Gasteiger partial charge in [0.15, 0.2) is 6.61 Å². The molecule has 1 aromatic heterocycles. The maximum atomic E-state index is 13.2. The minimum atomic E-state index is -0.259. The van der Waals surface area contributed by atoms with Crippen molar-refractivity contribution in [1.29, 1.82) is 0 Å². The van der Waals surface area contributed by atoms with Gasteiger partial charge in [0.05, 0.1) is 7.11 Å². The highest BCUT2D eigenvalue weighted by atomic mass is 19.1. The van der Waals surface area contributed by atoms with Crippen LogP contribution in [0.15, 0.2) is 77.3 Å².